The van der Waals surface area contributed by atoms with Crippen molar-refractivity contribution < 1.29 is 18.7 Å². The number of anilines is 5. The minimum atomic E-state index is -0.680. The molecule has 0 bridgehead atoms. The van der Waals surface area contributed by atoms with Crippen LogP contribution < -0.4 is 26.3 Å². The molecule has 0 unspecified atom stereocenters. The van der Waals surface area contributed by atoms with Crippen molar-refractivity contribution in [2.45, 2.75) is 6.42 Å². The van der Waals surface area contributed by atoms with E-state index in [0.29, 0.717) is 21.7 Å². The number of nitrogens with one attached hydrogen (secondary N) is 3. The van der Waals surface area contributed by atoms with Crippen LogP contribution in [-0.4, -0.2) is 79.0 Å². The third kappa shape index (κ3) is 5.20. The van der Waals surface area contributed by atoms with Crippen molar-refractivity contribution in [3.8, 4) is 0 Å². The Bertz CT molecular complexity index is 1580. The van der Waals surface area contributed by atoms with Gasteiger partial charge in [0.25, 0.3) is 5.91 Å². The maximum absolute atomic E-state index is 14.7. The first kappa shape index (κ1) is 26.1. The standard InChI is InChI=1S/C26H24BFN8O3S/c27-15-2-4-18(17(28)12-15)36-23-20-21(34-26(36)38)22(40-25(20)32-14-31-23)24(37)33-16-3-5-19(30-13-16)29-6-1-7-35-8-10-39-11-9-35/h2-5,12-14H,1,6-11H2,(H,29,30)(H,33,37)(H,34,38). The third-order valence-electron chi connectivity index (χ3n) is 6.62. The maximum Gasteiger partial charge on any atom is 0.332 e. The smallest absolute Gasteiger partial charge is 0.332 e. The molecule has 11 nitrogen and oxygen atoms in total. The Morgan fingerprint density at radius 3 is 2.80 bits per heavy atom. The molecule has 4 aromatic rings. The summed E-state index contributed by atoms with van der Waals surface area (Å²) >= 11 is 1.10. The molecule has 1 saturated heterocycles. The molecule has 5 heterocycles. The fourth-order valence-electron chi connectivity index (χ4n) is 4.66. The number of halogens is 1. The fourth-order valence-corrected chi connectivity index (χ4v) is 5.65. The van der Waals surface area contributed by atoms with Crippen molar-refractivity contribution in [2.75, 3.05) is 60.2 Å². The number of rotatable bonds is 8. The van der Waals surface area contributed by atoms with E-state index in [0.717, 1.165) is 68.1 Å². The van der Waals surface area contributed by atoms with Crippen LogP contribution in [0.4, 0.5) is 37.9 Å². The Labute approximate surface area is 234 Å². The summed E-state index contributed by atoms with van der Waals surface area (Å²) < 4.78 is 20.1. The number of thiophene rings is 1. The molecule has 1 aromatic carbocycles. The molecule has 0 saturated carbocycles. The highest BCUT2D eigenvalue weighted by Gasteiger charge is 2.35. The van der Waals surface area contributed by atoms with Crippen LogP contribution in [0, 0.1) is 5.82 Å². The number of urea groups is 1. The number of carbonyl (C=O) groups is 2. The van der Waals surface area contributed by atoms with Gasteiger partial charge in [0.2, 0.25) is 0 Å². The van der Waals surface area contributed by atoms with Gasteiger partial charge in [0, 0.05) is 19.6 Å². The largest absolute Gasteiger partial charge is 0.379 e. The molecule has 1 fully saturated rings. The normalized spacial score (nSPS) is 15.2. The molecule has 14 heteroatoms. The lowest BCUT2D eigenvalue weighted by atomic mass is 9.96. The molecule has 0 spiro atoms. The van der Waals surface area contributed by atoms with E-state index in [4.69, 9.17) is 12.6 Å². The molecule has 40 heavy (non-hydrogen) atoms. The van der Waals surface area contributed by atoms with Crippen molar-refractivity contribution in [1.82, 2.24) is 19.9 Å². The van der Waals surface area contributed by atoms with Crippen molar-refractivity contribution >= 4 is 75.5 Å². The van der Waals surface area contributed by atoms with Crippen LogP contribution in [0.1, 0.15) is 16.1 Å². The first-order chi connectivity index (χ1) is 19.5. The predicted molar refractivity (Wildman–Crippen MR) is 153 cm³/mol. The van der Waals surface area contributed by atoms with Gasteiger partial charge in [-0.2, -0.15) is 0 Å². The second-order valence-corrected chi connectivity index (χ2v) is 10.3. The van der Waals surface area contributed by atoms with Crippen molar-refractivity contribution in [3.63, 3.8) is 0 Å². The van der Waals surface area contributed by atoms with Crippen LogP contribution >= 0.6 is 11.3 Å². The number of hydrogen-bond donors (Lipinski definition) is 3. The van der Waals surface area contributed by atoms with Crippen molar-refractivity contribution in [1.29, 1.82) is 0 Å². The summed E-state index contributed by atoms with van der Waals surface area (Å²) in [6.07, 6.45) is 3.82. The highest BCUT2D eigenvalue weighted by Crippen LogP contribution is 2.45. The Balaban J connectivity index is 1.16. The zero-order valence-corrected chi connectivity index (χ0v) is 22.1. The average Bonchev–Trinajstić information content (AvgIpc) is 3.33. The van der Waals surface area contributed by atoms with Crippen LogP contribution in [0.2, 0.25) is 0 Å². The van der Waals surface area contributed by atoms with Crippen LogP contribution in [0.5, 0.6) is 0 Å². The molecule has 0 aliphatic carbocycles. The van der Waals surface area contributed by atoms with Gasteiger partial charge in [-0.3, -0.25) is 9.69 Å². The number of nitrogens with zero attached hydrogens (tertiary/aromatic N) is 5. The summed E-state index contributed by atoms with van der Waals surface area (Å²) in [7, 11) is 5.67. The number of amides is 3. The first-order valence-electron chi connectivity index (χ1n) is 12.7. The molecule has 2 aliphatic heterocycles. The summed E-state index contributed by atoms with van der Waals surface area (Å²) in [6, 6.07) is 6.91. The second-order valence-electron chi connectivity index (χ2n) is 9.28. The summed E-state index contributed by atoms with van der Waals surface area (Å²) in [6.45, 7) is 5.28. The minimum absolute atomic E-state index is 0.0181. The maximum atomic E-state index is 14.7. The zero-order valence-electron chi connectivity index (χ0n) is 21.3. The van der Waals surface area contributed by atoms with Gasteiger partial charge in [-0.1, -0.05) is 11.5 Å². The molecule has 202 valence electrons. The summed E-state index contributed by atoms with van der Waals surface area (Å²) in [5.74, 6) is -0.238. The van der Waals surface area contributed by atoms with E-state index in [9.17, 15) is 14.0 Å². The number of morpholine rings is 1. The van der Waals surface area contributed by atoms with Gasteiger partial charge in [0.15, 0.2) is 5.82 Å². The molecule has 3 N–H and O–H groups in total. The highest BCUT2D eigenvalue weighted by molar-refractivity contribution is 7.21. The van der Waals surface area contributed by atoms with Gasteiger partial charge in [0.1, 0.15) is 35.5 Å². The predicted octanol–water partition coefficient (Wildman–Crippen LogP) is 3.09. The topological polar surface area (TPSA) is 125 Å². The number of pyridine rings is 1. The molecule has 3 amide bonds. The number of ether oxygens (including phenoxy) is 1. The van der Waals surface area contributed by atoms with E-state index in [1.165, 1.54) is 18.5 Å². The number of aromatic nitrogens is 3. The Morgan fingerprint density at radius 1 is 1.18 bits per heavy atom. The minimum Gasteiger partial charge on any atom is -0.379 e. The van der Waals surface area contributed by atoms with E-state index in [1.54, 1.807) is 18.3 Å². The summed E-state index contributed by atoms with van der Waals surface area (Å²) in [5, 5.41) is 9.28. The lowest BCUT2D eigenvalue weighted by Gasteiger charge is -2.27. The van der Waals surface area contributed by atoms with Gasteiger partial charge in [-0.15, -0.1) is 11.3 Å². The Kier molecular flexibility index (Phi) is 7.28. The first-order valence-corrected chi connectivity index (χ1v) is 13.5. The SMILES string of the molecule is [B]c1ccc(N2C(=O)Nc3c(C(=O)Nc4ccc(NCCCN5CCOCC5)nc4)sc4ncnc2c34)c(F)c1. The van der Waals surface area contributed by atoms with Gasteiger partial charge in [-0.25, -0.2) is 29.0 Å². The lowest BCUT2D eigenvalue weighted by Crippen LogP contribution is -2.37. The molecule has 6 rings (SSSR count). The molecule has 0 atom stereocenters. The van der Waals surface area contributed by atoms with Gasteiger partial charge >= 0.3 is 6.03 Å². The monoisotopic (exact) mass is 558 g/mol. The van der Waals surface area contributed by atoms with Crippen molar-refractivity contribution in [3.05, 3.63) is 53.6 Å². The van der Waals surface area contributed by atoms with Crippen LogP contribution in [-0.2, 0) is 4.74 Å². The third-order valence-corrected chi connectivity index (χ3v) is 7.71. The van der Waals surface area contributed by atoms with E-state index in [2.05, 4.69) is 35.8 Å². The lowest BCUT2D eigenvalue weighted by molar-refractivity contribution is 0.0378. The molecule has 2 radical (unpaired) electrons. The molecule has 2 aliphatic rings. The van der Waals surface area contributed by atoms with Crippen LogP contribution in [0.25, 0.3) is 10.2 Å². The summed E-state index contributed by atoms with van der Waals surface area (Å²) in [5.41, 5.74) is 0.975. The van der Waals surface area contributed by atoms with Crippen LogP contribution in [0.15, 0.2) is 42.9 Å². The van der Waals surface area contributed by atoms with Gasteiger partial charge < -0.3 is 20.7 Å². The van der Waals surface area contributed by atoms with Crippen LogP contribution in [0.3, 0.4) is 0 Å². The van der Waals surface area contributed by atoms with E-state index >= 15 is 0 Å². The van der Waals surface area contributed by atoms with E-state index in [-0.39, 0.29) is 27.5 Å². The highest BCUT2D eigenvalue weighted by atomic mass is 32.1. The molecular weight excluding hydrogens is 534 g/mol. The van der Waals surface area contributed by atoms with E-state index < -0.39 is 17.8 Å². The number of hydrogen-bond acceptors (Lipinski definition) is 9. The summed E-state index contributed by atoms with van der Waals surface area (Å²) in [4.78, 5) is 43.5. The number of carbonyl (C=O) groups excluding carboxylic acids is 2. The van der Waals surface area contributed by atoms with Gasteiger partial charge in [-0.05, 0) is 37.2 Å². The number of benzene rings is 1. The van der Waals surface area contributed by atoms with Crippen molar-refractivity contribution in [2.24, 2.45) is 0 Å². The average molecular weight is 558 g/mol. The quantitative estimate of drug-likeness (QED) is 0.223. The second kappa shape index (κ2) is 11.2. The Morgan fingerprint density at radius 2 is 2.02 bits per heavy atom. The molecular formula is C26H24BFN8O3S. The van der Waals surface area contributed by atoms with E-state index in [1.807, 2.05) is 0 Å². The fraction of sp³-hybridized carbons (Fsp3) is 0.269. The van der Waals surface area contributed by atoms with Gasteiger partial charge in [0.05, 0.1) is 41.9 Å². The Hall–Kier alpha value is -4.14. The molecule has 3 aromatic heterocycles. The zero-order chi connectivity index (χ0) is 27.6.